The van der Waals surface area contributed by atoms with Crippen LogP contribution in [0.25, 0.3) is 11.3 Å². The molecule has 1 atom stereocenters. The molecule has 0 bridgehead atoms. The maximum absolute atomic E-state index is 5.46. The average Bonchev–Trinajstić information content (AvgIpc) is 2.82. The Hall–Kier alpha value is -1.06. The average molecular weight is 308 g/mol. The number of rotatable bonds is 5. The highest BCUT2D eigenvalue weighted by Gasteiger charge is 2.10. The van der Waals surface area contributed by atoms with Gasteiger partial charge in [0.25, 0.3) is 0 Å². The number of benzene rings is 1. The molecule has 0 saturated heterocycles. The summed E-state index contributed by atoms with van der Waals surface area (Å²) in [5, 5.41) is 3.48. The zero-order valence-corrected chi connectivity index (χ0v) is 12.3. The molecule has 96 valence electrons. The van der Waals surface area contributed by atoms with Crippen LogP contribution >= 0.6 is 15.9 Å². The summed E-state index contributed by atoms with van der Waals surface area (Å²) in [4.78, 5) is 0. The quantitative estimate of drug-likeness (QED) is 0.860. The molecule has 0 aliphatic carbocycles. The van der Waals surface area contributed by atoms with Crippen LogP contribution in [0.5, 0.6) is 0 Å². The molecule has 18 heavy (non-hydrogen) atoms. The summed E-state index contributed by atoms with van der Waals surface area (Å²) in [6, 6.07) is 10.9. The fraction of sp³-hybridized carbons (Fsp3) is 0.333. The molecule has 0 radical (unpaired) electrons. The van der Waals surface area contributed by atoms with Crippen molar-refractivity contribution >= 4 is 15.9 Å². The molecule has 1 aromatic heterocycles. The van der Waals surface area contributed by atoms with Gasteiger partial charge in [-0.2, -0.15) is 0 Å². The first-order chi connectivity index (χ1) is 8.76. The zero-order chi connectivity index (χ0) is 13.0. The van der Waals surface area contributed by atoms with E-state index >= 15 is 0 Å². The van der Waals surface area contributed by atoms with Gasteiger partial charge in [0.1, 0.15) is 5.76 Å². The maximum atomic E-state index is 5.46. The number of nitrogens with one attached hydrogen (secondary N) is 1. The normalized spacial score (nSPS) is 12.6. The van der Waals surface area contributed by atoms with Crippen LogP contribution in [0.2, 0.25) is 0 Å². The lowest BCUT2D eigenvalue weighted by Gasteiger charge is -2.16. The van der Waals surface area contributed by atoms with Gasteiger partial charge >= 0.3 is 0 Å². The molecule has 2 aromatic rings. The van der Waals surface area contributed by atoms with Crippen molar-refractivity contribution in [3.63, 3.8) is 0 Å². The van der Waals surface area contributed by atoms with E-state index < -0.39 is 0 Å². The predicted molar refractivity (Wildman–Crippen MR) is 78.6 cm³/mol. The molecule has 0 amide bonds. The van der Waals surface area contributed by atoms with E-state index in [4.69, 9.17) is 4.42 Å². The van der Waals surface area contributed by atoms with Crippen molar-refractivity contribution in [2.75, 3.05) is 6.54 Å². The number of hydrogen-bond donors (Lipinski definition) is 1. The summed E-state index contributed by atoms with van der Waals surface area (Å²) >= 11 is 3.48. The number of halogens is 1. The van der Waals surface area contributed by atoms with E-state index in [0.29, 0.717) is 6.04 Å². The summed E-state index contributed by atoms with van der Waals surface area (Å²) in [6.07, 6.45) is 2.79. The van der Waals surface area contributed by atoms with Gasteiger partial charge in [-0.25, -0.2) is 0 Å². The Labute approximate surface area is 117 Å². The van der Waals surface area contributed by atoms with Crippen LogP contribution in [0.4, 0.5) is 0 Å². The Bertz CT molecular complexity index is 489. The summed E-state index contributed by atoms with van der Waals surface area (Å²) in [5.74, 6) is 0.887. The van der Waals surface area contributed by atoms with E-state index in [2.05, 4.69) is 59.4 Å². The fourth-order valence-corrected chi connectivity index (χ4v) is 2.54. The van der Waals surface area contributed by atoms with Crippen molar-refractivity contribution in [2.45, 2.75) is 26.3 Å². The summed E-state index contributed by atoms with van der Waals surface area (Å²) in [6.45, 7) is 5.32. The molecular formula is C15H18BrNO. The molecule has 1 heterocycles. The highest BCUT2D eigenvalue weighted by Crippen LogP contribution is 2.30. The summed E-state index contributed by atoms with van der Waals surface area (Å²) in [5.41, 5.74) is 2.42. The van der Waals surface area contributed by atoms with E-state index in [9.17, 15) is 0 Å². The molecule has 0 fully saturated rings. The monoisotopic (exact) mass is 307 g/mol. The summed E-state index contributed by atoms with van der Waals surface area (Å²) in [7, 11) is 0. The van der Waals surface area contributed by atoms with Crippen molar-refractivity contribution in [1.29, 1.82) is 0 Å². The van der Waals surface area contributed by atoms with Crippen LogP contribution in [0.1, 0.15) is 31.9 Å². The van der Waals surface area contributed by atoms with Crippen LogP contribution in [0.15, 0.2) is 45.5 Å². The predicted octanol–water partition coefficient (Wildman–Crippen LogP) is 4.77. The Morgan fingerprint density at radius 1 is 1.17 bits per heavy atom. The van der Waals surface area contributed by atoms with Gasteiger partial charge in [0, 0.05) is 11.6 Å². The van der Waals surface area contributed by atoms with Crippen LogP contribution in [0, 0.1) is 0 Å². The van der Waals surface area contributed by atoms with E-state index in [1.165, 1.54) is 5.56 Å². The van der Waals surface area contributed by atoms with Gasteiger partial charge in [-0.05, 0) is 40.5 Å². The molecule has 0 aliphatic heterocycles. The van der Waals surface area contributed by atoms with E-state index in [0.717, 1.165) is 28.8 Å². The van der Waals surface area contributed by atoms with E-state index in [1.807, 2.05) is 6.07 Å². The van der Waals surface area contributed by atoms with Crippen molar-refractivity contribution in [2.24, 2.45) is 0 Å². The molecule has 0 saturated carbocycles. The van der Waals surface area contributed by atoms with Gasteiger partial charge in [-0.1, -0.05) is 38.1 Å². The summed E-state index contributed by atoms with van der Waals surface area (Å²) < 4.78 is 6.46. The third kappa shape index (κ3) is 2.85. The molecule has 1 aromatic carbocycles. The van der Waals surface area contributed by atoms with Crippen molar-refractivity contribution < 1.29 is 4.42 Å². The largest absolute Gasteiger partial charge is 0.463 e. The minimum atomic E-state index is 0.434. The van der Waals surface area contributed by atoms with Gasteiger partial charge in [0.05, 0.1) is 10.7 Å². The van der Waals surface area contributed by atoms with Crippen LogP contribution in [0.3, 0.4) is 0 Å². The lowest BCUT2D eigenvalue weighted by atomic mass is 10.0. The second kappa shape index (κ2) is 6.21. The van der Waals surface area contributed by atoms with Crippen molar-refractivity contribution in [3.05, 3.63) is 46.6 Å². The molecule has 1 N–H and O–H groups in total. The fourth-order valence-electron chi connectivity index (χ4n) is 2.11. The molecule has 0 spiro atoms. The van der Waals surface area contributed by atoms with Gasteiger partial charge < -0.3 is 9.73 Å². The highest BCUT2D eigenvalue weighted by molar-refractivity contribution is 9.10. The second-order valence-electron chi connectivity index (χ2n) is 4.24. The first kappa shape index (κ1) is 13.4. The first-order valence-corrected chi connectivity index (χ1v) is 7.12. The minimum absolute atomic E-state index is 0.434. The third-order valence-corrected chi connectivity index (χ3v) is 3.68. The molecule has 1 unspecified atom stereocenters. The van der Waals surface area contributed by atoms with Crippen molar-refractivity contribution in [1.82, 2.24) is 5.32 Å². The number of hydrogen-bond acceptors (Lipinski definition) is 2. The zero-order valence-electron chi connectivity index (χ0n) is 10.7. The van der Waals surface area contributed by atoms with Crippen LogP contribution in [-0.4, -0.2) is 6.54 Å². The maximum Gasteiger partial charge on any atom is 0.148 e. The second-order valence-corrected chi connectivity index (χ2v) is 5.09. The van der Waals surface area contributed by atoms with Gasteiger partial charge in [0.15, 0.2) is 0 Å². The Kier molecular flexibility index (Phi) is 4.61. The topological polar surface area (TPSA) is 25.2 Å². The SMILES string of the molecule is CCNC(CC)c1ccc(-c2occc2Br)cc1. The smallest absolute Gasteiger partial charge is 0.148 e. The van der Waals surface area contributed by atoms with Crippen LogP contribution in [-0.2, 0) is 0 Å². The minimum Gasteiger partial charge on any atom is -0.463 e. The number of furan rings is 1. The van der Waals surface area contributed by atoms with Gasteiger partial charge in [-0.3, -0.25) is 0 Å². The lowest BCUT2D eigenvalue weighted by molar-refractivity contribution is 0.537. The molecular weight excluding hydrogens is 290 g/mol. The Balaban J connectivity index is 2.22. The van der Waals surface area contributed by atoms with Gasteiger partial charge in [-0.15, -0.1) is 0 Å². The van der Waals surface area contributed by atoms with E-state index in [1.54, 1.807) is 6.26 Å². The lowest BCUT2D eigenvalue weighted by Crippen LogP contribution is -2.19. The van der Waals surface area contributed by atoms with E-state index in [-0.39, 0.29) is 0 Å². The molecule has 2 nitrogen and oxygen atoms in total. The Morgan fingerprint density at radius 2 is 1.89 bits per heavy atom. The molecule has 2 rings (SSSR count). The molecule has 3 heteroatoms. The highest BCUT2D eigenvalue weighted by atomic mass is 79.9. The van der Waals surface area contributed by atoms with Gasteiger partial charge in [0.2, 0.25) is 0 Å². The standard InChI is InChI=1S/C15H18BrNO/c1-3-14(17-4-2)11-5-7-12(8-6-11)15-13(16)9-10-18-15/h5-10,14,17H,3-4H2,1-2H3. The Morgan fingerprint density at radius 3 is 2.39 bits per heavy atom. The van der Waals surface area contributed by atoms with Crippen molar-refractivity contribution in [3.8, 4) is 11.3 Å². The first-order valence-electron chi connectivity index (χ1n) is 6.33. The molecule has 0 aliphatic rings. The third-order valence-electron chi connectivity index (χ3n) is 3.05. The van der Waals surface area contributed by atoms with Crippen LogP contribution < -0.4 is 5.32 Å².